The SMILES string of the molecule is CCc1ccc2nc(CCN)cc(C)c2c1. The molecule has 0 bridgehead atoms. The summed E-state index contributed by atoms with van der Waals surface area (Å²) in [6.07, 6.45) is 1.92. The molecule has 0 unspecified atom stereocenters. The molecule has 84 valence electrons. The molecule has 2 rings (SSSR count). The second-order valence-electron chi connectivity index (χ2n) is 4.17. The van der Waals surface area contributed by atoms with Gasteiger partial charge in [-0.2, -0.15) is 0 Å². The molecule has 0 atom stereocenters. The molecule has 0 aliphatic heterocycles. The lowest BCUT2D eigenvalue weighted by atomic mass is 10.0. The van der Waals surface area contributed by atoms with E-state index in [0.29, 0.717) is 6.54 Å². The van der Waals surface area contributed by atoms with Crippen LogP contribution < -0.4 is 5.73 Å². The highest BCUT2D eigenvalue weighted by Gasteiger charge is 2.03. The number of hydrogen-bond acceptors (Lipinski definition) is 2. The number of nitrogens with zero attached hydrogens (tertiary/aromatic N) is 1. The maximum Gasteiger partial charge on any atom is 0.0708 e. The standard InChI is InChI=1S/C14H18N2/c1-3-11-4-5-14-13(9-11)10(2)8-12(16-14)6-7-15/h4-5,8-9H,3,6-7,15H2,1-2H3. The zero-order chi connectivity index (χ0) is 11.5. The summed E-state index contributed by atoms with van der Waals surface area (Å²) in [6.45, 7) is 4.97. The molecular weight excluding hydrogens is 196 g/mol. The lowest BCUT2D eigenvalue weighted by molar-refractivity contribution is 0.929. The number of pyridine rings is 1. The van der Waals surface area contributed by atoms with E-state index in [1.54, 1.807) is 0 Å². The monoisotopic (exact) mass is 214 g/mol. The van der Waals surface area contributed by atoms with Gasteiger partial charge in [0.25, 0.3) is 0 Å². The van der Waals surface area contributed by atoms with Crippen LogP contribution in [0.15, 0.2) is 24.3 Å². The van der Waals surface area contributed by atoms with Crippen molar-refractivity contribution in [2.24, 2.45) is 5.73 Å². The maximum atomic E-state index is 5.56. The normalized spacial score (nSPS) is 10.9. The number of benzene rings is 1. The number of hydrogen-bond donors (Lipinski definition) is 1. The molecule has 1 aromatic carbocycles. The summed E-state index contributed by atoms with van der Waals surface area (Å²) in [6, 6.07) is 8.65. The van der Waals surface area contributed by atoms with Crippen molar-refractivity contribution in [2.45, 2.75) is 26.7 Å². The van der Waals surface area contributed by atoms with Gasteiger partial charge in [0.2, 0.25) is 0 Å². The Kier molecular flexibility index (Phi) is 3.20. The molecule has 0 radical (unpaired) electrons. The Bertz CT molecular complexity index is 503. The van der Waals surface area contributed by atoms with E-state index in [1.165, 1.54) is 16.5 Å². The molecule has 16 heavy (non-hydrogen) atoms. The van der Waals surface area contributed by atoms with Crippen LogP contribution in [0.2, 0.25) is 0 Å². The van der Waals surface area contributed by atoms with Gasteiger partial charge in [-0.1, -0.05) is 13.0 Å². The molecule has 0 saturated carbocycles. The minimum Gasteiger partial charge on any atom is -0.330 e. The first-order chi connectivity index (χ1) is 7.74. The van der Waals surface area contributed by atoms with Gasteiger partial charge in [0.1, 0.15) is 0 Å². The number of fused-ring (bicyclic) bond motifs is 1. The molecule has 0 aliphatic rings. The van der Waals surface area contributed by atoms with Gasteiger partial charge in [0, 0.05) is 17.5 Å². The Morgan fingerprint density at radius 2 is 2.06 bits per heavy atom. The van der Waals surface area contributed by atoms with Crippen LogP contribution in [0.5, 0.6) is 0 Å². The molecule has 2 heteroatoms. The van der Waals surface area contributed by atoms with Crippen molar-refractivity contribution in [1.82, 2.24) is 4.98 Å². The second kappa shape index (κ2) is 4.62. The van der Waals surface area contributed by atoms with E-state index in [2.05, 4.69) is 43.1 Å². The third-order valence-electron chi connectivity index (χ3n) is 2.94. The van der Waals surface area contributed by atoms with Crippen LogP contribution in [0, 0.1) is 6.92 Å². The summed E-state index contributed by atoms with van der Waals surface area (Å²) in [5.41, 5.74) is 10.4. The highest BCUT2D eigenvalue weighted by Crippen LogP contribution is 2.19. The van der Waals surface area contributed by atoms with Gasteiger partial charge in [-0.15, -0.1) is 0 Å². The Balaban J connectivity index is 2.57. The summed E-state index contributed by atoms with van der Waals surface area (Å²) in [5, 5.41) is 1.26. The van der Waals surface area contributed by atoms with E-state index in [4.69, 9.17) is 5.73 Å². The first-order valence-corrected chi connectivity index (χ1v) is 5.84. The minimum absolute atomic E-state index is 0.658. The molecule has 2 N–H and O–H groups in total. The van der Waals surface area contributed by atoms with Crippen molar-refractivity contribution < 1.29 is 0 Å². The second-order valence-corrected chi connectivity index (χ2v) is 4.17. The van der Waals surface area contributed by atoms with Crippen LogP contribution in [-0.4, -0.2) is 11.5 Å². The zero-order valence-electron chi connectivity index (χ0n) is 9.96. The molecule has 0 fully saturated rings. The van der Waals surface area contributed by atoms with Gasteiger partial charge in [0.15, 0.2) is 0 Å². The van der Waals surface area contributed by atoms with Gasteiger partial charge in [-0.05, 0) is 49.2 Å². The van der Waals surface area contributed by atoms with E-state index in [1.807, 2.05) is 0 Å². The summed E-state index contributed by atoms with van der Waals surface area (Å²) in [4.78, 5) is 4.62. The average Bonchev–Trinajstić information content (AvgIpc) is 2.29. The van der Waals surface area contributed by atoms with E-state index >= 15 is 0 Å². The molecule has 1 aromatic heterocycles. The molecule has 0 spiro atoms. The Morgan fingerprint density at radius 3 is 2.75 bits per heavy atom. The first kappa shape index (κ1) is 11.1. The van der Waals surface area contributed by atoms with Gasteiger partial charge >= 0.3 is 0 Å². The summed E-state index contributed by atoms with van der Waals surface area (Å²) >= 11 is 0. The zero-order valence-corrected chi connectivity index (χ0v) is 9.96. The van der Waals surface area contributed by atoms with Crippen LogP contribution in [0.3, 0.4) is 0 Å². The summed E-state index contributed by atoms with van der Waals surface area (Å²) in [7, 11) is 0. The van der Waals surface area contributed by atoms with E-state index in [0.717, 1.165) is 24.1 Å². The number of aromatic nitrogens is 1. The molecule has 2 nitrogen and oxygen atoms in total. The van der Waals surface area contributed by atoms with Gasteiger partial charge in [0.05, 0.1) is 5.52 Å². The Morgan fingerprint density at radius 1 is 1.25 bits per heavy atom. The van der Waals surface area contributed by atoms with Crippen LogP contribution >= 0.6 is 0 Å². The molecule has 1 heterocycles. The van der Waals surface area contributed by atoms with Crippen LogP contribution in [0.1, 0.15) is 23.7 Å². The average molecular weight is 214 g/mol. The Labute approximate surface area is 96.5 Å². The summed E-state index contributed by atoms with van der Waals surface area (Å²) < 4.78 is 0. The van der Waals surface area contributed by atoms with E-state index < -0.39 is 0 Å². The molecular formula is C14H18N2. The lowest BCUT2D eigenvalue weighted by Gasteiger charge is -2.07. The van der Waals surface area contributed by atoms with Crippen LogP contribution in [0.25, 0.3) is 10.9 Å². The Hall–Kier alpha value is -1.41. The number of rotatable bonds is 3. The largest absolute Gasteiger partial charge is 0.330 e. The third kappa shape index (κ3) is 2.07. The van der Waals surface area contributed by atoms with Gasteiger partial charge < -0.3 is 5.73 Å². The van der Waals surface area contributed by atoms with Crippen molar-refractivity contribution in [3.8, 4) is 0 Å². The molecule has 0 saturated heterocycles. The number of aryl methyl sites for hydroxylation is 2. The number of nitrogens with two attached hydrogens (primary N) is 1. The highest BCUT2D eigenvalue weighted by molar-refractivity contribution is 5.82. The minimum atomic E-state index is 0.658. The maximum absolute atomic E-state index is 5.56. The van der Waals surface area contributed by atoms with Crippen molar-refractivity contribution in [2.75, 3.05) is 6.54 Å². The molecule has 0 amide bonds. The molecule has 0 aliphatic carbocycles. The van der Waals surface area contributed by atoms with Crippen molar-refractivity contribution in [3.05, 3.63) is 41.1 Å². The van der Waals surface area contributed by atoms with Gasteiger partial charge in [-0.25, -0.2) is 0 Å². The fourth-order valence-corrected chi connectivity index (χ4v) is 2.01. The fraction of sp³-hybridized carbons (Fsp3) is 0.357. The van der Waals surface area contributed by atoms with E-state index in [-0.39, 0.29) is 0 Å². The first-order valence-electron chi connectivity index (χ1n) is 5.84. The summed E-state index contributed by atoms with van der Waals surface area (Å²) in [5.74, 6) is 0. The third-order valence-corrected chi connectivity index (χ3v) is 2.94. The van der Waals surface area contributed by atoms with Crippen LogP contribution in [-0.2, 0) is 12.8 Å². The highest BCUT2D eigenvalue weighted by atomic mass is 14.7. The lowest BCUT2D eigenvalue weighted by Crippen LogP contribution is -2.05. The fourth-order valence-electron chi connectivity index (χ4n) is 2.01. The van der Waals surface area contributed by atoms with Crippen LogP contribution in [0.4, 0.5) is 0 Å². The van der Waals surface area contributed by atoms with Gasteiger partial charge in [-0.3, -0.25) is 4.98 Å². The van der Waals surface area contributed by atoms with Crippen molar-refractivity contribution in [1.29, 1.82) is 0 Å². The molecule has 2 aromatic rings. The van der Waals surface area contributed by atoms with Crippen molar-refractivity contribution >= 4 is 10.9 Å². The predicted octanol–water partition coefficient (Wildman–Crippen LogP) is 2.61. The smallest absolute Gasteiger partial charge is 0.0708 e. The topological polar surface area (TPSA) is 38.9 Å². The quantitative estimate of drug-likeness (QED) is 0.853. The van der Waals surface area contributed by atoms with Crippen molar-refractivity contribution in [3.63, 3.8) is 0 Å². The van der Waals surface area contributed by atoms with E-state index in [9.17, 15) is 0 Å². The predicted molar refractivity (Wildman–Crippen MR) is 68.6 cm³/mol.